The van der Waals surface area contributed by atoms with Crippen molar-refractivity contribution in [2.24, 2.45) is 0 Å². The van der Waals surface area contributed by atoms with E-state index in [9.17, 15) is 0 Å². The number of likely N-dealkylation sites (tertiary alicyclic amines) is 1. The lowest BCUT2D eigenvalue weighted by atomic mass is 10.1. The van der Waals surface area contributed by atoms with Crippen LogP contribution in [0.25, 0.3) is 0 Å². The van der Waals surface area contributed by atoms with E-state index >= 15 is 0 Å². The maximum Gasteiger partial charge on any atom is 0.138 e. The minimum atomic E-state index is 0.416. The molecule has 2 fully saturated rings. The molecule has 1 aliphatic heterocycles. The molecule has 3 rings (SSSR count). The molecule has 0 unspecified atom stereocenters. The summed E-state index contributed by atoms with van der Waals surface area (Å²) in [6.45, 7) is 3.79. The largest absolute Gasteiger partial charge is 0.489 e. The van der Waals surface area contributed by atoms with E-state index in [1.165, 1.54) is 50.9 Å². The summed E-state index contributed by atoms with van der Waals surface area (Å²) in [7, 11) is 0. The molecule has 1 saturated carbocycles. The molecular weight excluding hydrogens is 246 g/mol. The maximum absolute atomic E-state index is 6.25. The number of benzene rings is 1. The lowest BCUT2D eigenvalue weighted by molar-refractivity contribution is 0.179. The molecular formula is C15H20ClNO. The summed E-state index contributed by atoms with van der Waals surface area (Å²) in [6.07, 6.45) is 6.47. The zero-order chi connectivity index (χ0) is 12.4. The normalized spacial score (nSPS) is 19.6. The topological polar surface area (TPSA) is 12.5 Å². The average Bonchev–Trinajstić information content (AvgIpc) is 3.09. The Hall–Kier alpha value is -0.730. The predicted octanol–water partition coefficient (Wildman–Crippen LogP) is 3.52. The van der Waals surface area contributed by atoms with E-state index in [1.54, 1.807) is 0 Å². The van der Waals surface area contributed by atoms with Crippen molar-refractivity contribution in [1.29, 1.82) is 0 Å². The van der Waals surface area contributed by atoms with Gasteiger partial charge in [0, 0.05) is 0 Å². The van der Waals surface area contributed by atoms with Crippen LogP contribution in [0.4, 0.5) is 0 Å². The molecule has 2 nitrogen and oxygen atoms in total. The van der Waals surface area contributed by atoms with Crippen LogP contribution in [0.5, 0.6) is 5.75 Å². The van der Waals surface area contributed by atoms with Gasteiger partial charge < -0.3 is 9.64 Å². The Bertz CT molecular complexity index is 413. The highest BCUT2D eigenvalue weighted by Crippen LogP contribution is 2.32. The quantitative estimate of drug-likeness (QED) is 0.780. The number of nitrogens with zero attached hydrogens (tertiary/aromatic N) is 1. The summed E-state index contributed by atoms with van der Waals surface area (Å²) >= 11 is 6.25. The van der Waals surface area contributed by atoms with E-state index in [-0.39, 0.29) is 0 Å². The third kappa shape index (κ3) is 3.18. The zero-order valence-electron chi connectivity index (χ0n) is 10.7. The highest BCUT2D eigenvalue weighted by Gasteiger charge is 2.24. The molecule has 0 atom stereocenters. The Morgan fingerprint density at radius 2 is 2.11 bits per heavy atom. The summed E-state index contributed by atoms with van der Waals surface area (Å²) < 4.78 is 5.74. The first kappa shape index (κ1) is 12.3. The number of rotatable bonds is 6. The Balaban J connectivity index is 1.50. The molecule has 0 spiro atoms. The number of ether oxygens (including phenoxy) is 1. The maximum atomic E-state index is 6.25. The van der Waals surface area contributed by atoms with Crippen LogP contribution in [0, 0.1) is 0 Å². The molecule has 98 valence electrons. The second-order valence-electron chi connectivity index (χ2n) is 5.38. The first-order valence-electron chi connectivity index (χ1n) is 6.99. The van der Waals surface area contributed by atoms with Gasteiger partial charge >= 0.3 is 0 Å². The molecule has 0 N–H and O–H groups in total. The third-order valence-corrected chi connectivity index (χ3v) is 4.00. The molecule has 1 aromatic rings. The van der Waals surface area contributed by atoms with Crippen LogP contribution in [0.3, 0.4) is 0 Å². The lowest BCUT2D eigenvalue weighted by Crippen LogP contribution is -2.37. The first-order valence-corrected chi connectivity index (χ1v) is 7.36. The third-order valence-electron chi connectivity index (χ3n) is 3.70. The number of hydrogen-bond acceptors (Lipinski definition) is 2. The van der Waals surface area contributed by atoms with Crippen molar-refractivity contribution >= 4 is 11.6 Å². The minimum absolute atomic E-state index is 0.416. The minimum Gasteiger partial charge on any atom is -0.489 e. The van der Waals surface area contributed by atoms with Crippen molar-refractivity contribution in [1.82, 2.24) is 4.90 Å². The van der Waals surface area contributed by atoms with Crippen LogP contribution < -0.4 is 4.74 Å². The van der Waals surface area contributed by atoms with Gasteiger partial charge in [0.25, 0.3) is 0 Å². The van der Waals surface area contributed by atoms with Gasteiger partial charge in [0.15, 0.2) is 0 Å². The van der Waals surface area contributed by atoms with Crippen molar-refractivity contribution in [2.45, 2.75) is 38.2 Å². The highest BCUT2D eigenvalue weighted by atomic mass is 35.5. The van der Waals surface area contributed by atoms with Gasteiger partial charge in [-0.3, -0.25) is 0 Å². The molecule has 1 aliphatic carbocycles. The molecule has 0 radical (unpaired) electrons. The van der Waals surface area contributed by atoms with E-state index in [4.69, 9.17) is 16.3 Å². The lowest BCUT2D eigenvalue weighted by Gasteiger charge is -2.30. The highest BCUT2D eigenvalue weighted by molar-refractivity contribution is 6.32. The van der Waals surface area contributed by atoms with Gasteiger partial charge in [-0.15, -0.1) is 0 Å². The average molecular weight is 266 g/mol. The van der Waals surface area contributed by atoms with Crippen LogP contribution in [-0.2, 0) is 6.42 Å². The fourth-order valence-electron chi connectivity index (χ4n) is 2.27. The van der Waals surface area contributed by atoms with E-state index < -0.39 is 0 Å². The smallest absolute Gasteiger partial charge is 0.138 e. The monoisotopic (exact) mass is 265 g/mol. The van der Waals surface area contributed by atoms with Gasteiger partial charge in [-0.05, 0) is 69.4 Å². The van der Waals surface area contributed by atoms with E-state index in [2.05, 4.69) is 17.0 Å². The van der Waals surface area contributed by atoms with Crippen LogP contribution in [0.2, 0.25) is 5.02 Å². The fourth-order valence-corrected chi connectivity index (χ4v) is 2.52. The number of aryl methyl sites for hydroxylation is 1. The number of halogens is 1. The van der Waals surface area contributed by atoms with Gasteiger partial charge in [-0.2, -0.15) is 0 Å². The van der Waals surface area contributed by atoms with Crippen molar-refractivity contribution in [2.75, 3.05) is 19.6 Å². The fraction of sp³-hybridized carbons (Fsp3) is 0.600. The molecule has 0 amide bonds. The first-order chi connectivity index (χ1) is 8.81. The van der Waals surface area contributed by atoms with Crippen LogP contribution >= 0.6 is 11.6 Å². The number of hydrogen-bond donors (Lipinski definition) is 0. The molecule has 1 heterocycles. The second-order valence-corrected chi connectivity index (χ2v) is 5.79. The molecule has 3 heteroatoms. The summed E-state index contributed by atoms with van der Waals surface area (Å²) in [5.41, 5.74) is 1.32. The molecule has 2 aliphatic rings. The standard InChI is InChI=1S/C15H20ClNO/c16-14-11-12(3-1-8-17-9-2-10-17)4-7-15(14)18-13-5-6-13/h4,7,11,13H,1-3,5-6,8-10H2. The van der Waals surface area contributed by atoms with Gasteiger partial charge in [0.1, 0.15) is 5.75 Å². The van der Waals surface area contributed by atoms with Crippen molar-refractivity contribution in [3.63, 3.8) is 0 Å². The van der Waals surface area contributed by atoms with Crippen molar-refractivity contribution < 1.29 is 4.74 Å². The van der Waals surface area contributed by atoms with Gasteiger partial charge in [-0.25, -0.2) is 0 Å². The summed E-state index contributed by atoms with van der Waals surface area (Å²) in [6, 6.07) is 6.24. The van der Waals surface area contributed by atoms with Gasteiger partial charge in [0.2, 0.25) is 0 Å². The summed E-state index contributed by atoms with van der Waals surface area (Å²) in [4.78, 5) is 2.51. The zero-order valence-corrected chi connectivity index (χ0v) is 11.5. The Morgan fingerprint density at radius 1 is 1.28 bits per heavy atom. The Labute approximate surface area is 114 Å². The van der Waals surface area contributed by atoms with Crippen LogP contribution in [0.1, 0.15) is 31.2 Å². The van der Waals surface area contributed by atoms with Gasteiger partial charge in [-0.1, -0.05) is 17.7 Å². The van der Waals surface area contributed by atoms with Gasteiger partial charge in [0.05, 0.1) is 11.1 Å². The van der Waals surface area contributed by atoms with Crippen LogP contribution in [0.15, 0.2) is 18.2 Å². The Morgan fingerprint density at radius 3 is 2.72 bits per heavy atom. The SMILES string of the molecule is Clc1cc(CCCN2CCC2)ccc1OC1CC1. The van der Waals surface area contributed by atoms with Crippen molar-refractivity contribution in [3.8, 4) is 5.75 Å². The Kier molecular flexibility index (Phi) is 3.76. The van der Waals surface area contributed by atoms with E-state index in [1.807, 2.05) is 6.07 Å². The van der Waals surface area contributed by atoms with Crippen molar-refractivity contribution in [3.05, 3.63) is 28.8 Å². The molecule has 0 bridgehead atoms. The molecule has 1 aromatic carbocycles. The van der Waals surface area contributed by atoms with E-state index in [0.717, 1.165) is 17.2 Å². The van der Waals surface area contributed by atoms with Crippen LogP contribution in [-0.4, -0.2) is 30.6 Å². The second kappa shape index (κ2) is 5.50. The molecule has 18 heavy (non-hydrogen) atoms. The molecule has 0 aromatic heterocycles. The predicted molar refractivity (Wildman–Crippen MR) is 74.5 cm³/mol. The molecule has 1 saturated heterocycles. The summed E-state index contributed by atoms with van der Waals surface area (Å²) in [5, 5.41) is 0.767. The van der Waals surface area contributed by atoms with E-state index in [0.29, 0.717) is 6.10 Å². The summed E-state index contributed by atoms with van der Waals surface area (Å²) in [5.74, 6) is 0.852.